The van der Waals surface area contributed by atoms with Crippen LogP contribution in [-0.2, 0) is 30.0 Å². The molecule has 3 N–H and O–H groups in total. The molecular formula is C11H16N6O2S. The van der Waals surface area contributed by atoms with Crippen LogP contribution in [-0.4, -0.2) is 34.7 Å². The Morgan fingerprint density at radius 2 is 2.15 bits per heavy atom. The molecule has 0 atom stereocenters. The Hall–Kier alpha value is -1.84. The van der Waals surface area contributed by atoms with Gasteiger partial charge >= 0.3 is 0 Å². The molecule has 2 rings (SSSR count). The molecule has 0 aromatic carbocycles. The van der Waals surface area contributed by atoms with E-state index in [0.29, 0.717) is 18.8 Å². The summed E-state index contributed by atoms with van der Waals surface area (Å²) in [6.07, 6.45) is 3.44. The number of nitrogens with two attached hydrogens (primary N) is 1. The predicted octanol–water partition coefficient (Wildman–Crippen LogP) is -0.810. The molecule has 2 aromatic heterocycles. The maximum absolute atomic E-state index is 12.0. The van der Waals surface area contributed by atoms with Crippen molar-refractivity contribution < 1.29 is 8.42 Å². The van der Waals surface area contributed by atoms with Crippen LogP contribution in [0.3, 0.4) is 0 Å². The minimum absolute atomic E-state index is 0.0244. The number of hydrogen-bond donors (Lipinski definition) is 2. The van der Waals surface area contributed by atoms with Gasteiger partial charge in [0.15, 0.2) is 10.9 Å². The van der Waals surface area contributed by atoms with Crippen molar-refractivity contribution in [3.63, 3.8) is 0 Å². The number of pyridine rings is 1. The maximum atomic E-state index is 12.0. The van der Waals surface area contributed by atoms with E-state index in [1.807, 2.05) is 0 Å². The highest BCUT2D eigenvalue weighted by molar-refractivity contribution is 7.89. The number of hydrogen-bond acceptors (Lipinski definition) is 6. The number of aromatic nitrogens is 4. The van der Waals surface area contributed by atoms with Gasteiger partial charge in [-0.2, -0.15) is 5.10 Å². The maximum Gasteiger partial charge on any atom is 0.258 e. The summed E-state index contributed by atoms with van der Waals surface area (Å²) >= 11 is 0. The van der Waals surface area contributed by atoms with E-state index in [2.05, 4.69) is 19.8 Å². The van der Waals surface area contributed by atoms with Gasteiger partial charge in [-0.05, 0) is 11.6 Å². The van der Waals surface area contributed by atoms with Crippen LogP contribution in [0.2, 0.25) is 0 Å². The van der Waals surface area contributed by atoms with Gasteiger partial charge < -0.3 is 5.73 Å². The van der Waals surface area contributed by atoms with Crippen LogP contribution >= 0.6 is 0 Å². The molecule has 0 aliphatic carbocycles. The number of nitrogens with zero attached hydrogens (tertiary/aromatic N) is 4. The summed E-state index contributed by atoms with van der Waals surface area (Å²) in [7, 11) is -1.86. The van der Waals surface area contributed by atoms with Crippen LogP contribution in [0.25, 0.3) is 0 Å². The molecule has 0 aliphatic rings. The Morgan fingerprint density at radius 1 is 1.35 bits per heavy atom. The number of sulfonamides is 1. The standard InChI is InChI=1S/C11H16N6O2S/c1-17-8-14-10(16-17)4-5-15-20(18,19)11-3-2-9(6-12)7-13-11/h2-3,7-8,15H,4-6,12H2,1H3. The van der Waals surface area contributed by atoms with Gasteiger partial charge in [-0.25, -0.2) is 23.1 Å². The van der Waals surface area contributed by atoms with Crippen LogP contribution in [0.15, 0.2) is 29.7 Å². The molecule has 0 radical (unpaired) electrons. The third-order valence-electron chi connectivity index (χ3n) is 2.60. The molecule has 0 saturated carbocycles. The minimum Gasteiger partial charge on any atom is -0.326 e. The van der Waals surface area contributed by atoms with Gasteiger partial charge in [0, 0.05) is 32.8 Å². The van der Waals surface area contributed by atoms with Gasteiger partial charge in [-0.3, -0.25) is 4.68 Å². The SMILES string of the molecule is Cn1cnc(CCNS(=O)(=O)c2ccc(CN)cn2)n1. The van der Waals surface area contributed by atoms with Crippen molar-refractivity contribution >= 4 is 10.0 Å². The first-order valence-electron chi connectivity index (χ1n) is 6.00. The largest absolute Gasteiger partial charge is 0.326 e. The predicted molar refractivity (Wildman–Crippen MR) is 72.0 cm³/mol. The first-order chi connectivity index (χ1) is 9.51. The molecule has 108 valence electrons. The third-order valence-corrected chi connectivity index (χ3v) is 3.97. The lowest BCUT2D eigenvalue weighted by molar-refractivity contribution is 0.576. The Labute approximate surface area is 117 Å². The van der Waals surface area contributed by atoms with Crippen molar-refractivity contribution in [2.45, 2.75) is 18.0 Å². The van der Waals surface area contributed by atoms with Gasteiger partial charge in [-0.15, -0.1) is 0 Å². The number of nitrogens with one attached hydrogen (secondary N) is 1. The Kier molecular flexibility index (Phi) is 4.42. The van der Waals surface area contributed by atoms with E-state index in [-0.39, 0.29) is 11.6 Å². The van der Waals surface area contributed by atoms with Gasteiger partial charge in [0.05, 0.1) is 0 Å². The molecule has 9 heteroatoms. The number of aryl methyl sites for hydroxylation is 1. The van der Waals surface area contributed by atoms with E-state index in [4.69, 9.17) is 5.73 Å². The third kappa shape index (κ3) is 3.59. The summed E-state index contributed by atoms with van der Waals surface area (Å²) in [6, 6.07) is 3.07. The first-order valence-corrected chi connectivity index (χ1v) is 7.49. The first kappa shape index (κ1) is 14.6. The minimum atomic E-state index is -3.61. The molecule has 0 unspecified atom stereocenters. The topological polar surface area (TPSA) is 116 Å². The van der Waals surface area contributed by atoms with Gasteiger partial charge in [0.25, 0.3) is 10.0 Å². The highest BCUT2D eigenvalue weighted by Gasteiger charge is 2.15. The second kappa shape index (κ2) is 6.07. The molecule has 0 amide bonds. The number of rotatable bonds is 6. The van der Waals surface area contributed by atoms with Crippen molar-refractivity contribution in [2.24, 2.45) is 12.8 Å². The zero-order valence-corrected chi connectivity index (χ0v) is 11.8. The van der Waals surface area contributed by atoms with Crippen molar-refractivity contribution in [2.75, 3.05) is 6.54 Å². The fraction of sp³-hybridized carbons (Fsp3) is 0.364. The van der Waals surface area contributed by atoms with Crippen LogP contribution < -0.4 is 10.5 Å². The average molecular weight is 296 g/mol. The van der Waals surface area contributed by atoms with Crippen LogP contribution in [0, 0.1) is 0 Å². The van der Waals surface area contributed by atoms with E-state index >= 15 is 0 Å². The second-order valence-electron chi connectivity index (χ2n) is 4.19. The molecular weight excluding hydrogens is 280 g/mol. The Balaban J connectivity index is 1.96. The summed E-state index contributed by atoms with van der Waals surface area (Å²) in [6.45, 7) is 0.540. The van der Waals surface area contributed by atoms with Gasteiger partial charge in [0.2, 0.25) is 0 Å². The normalized spacial score (nSPS) is 11.7. The van der Waals surface area contributed by atoms with Gasteiger partial charge in [-0.1, -0.05) is 6.07 Å². The molecule has 8 nitrogen and oxygen atoms in total. The lowest BCUT2D eigenvalue weighted by atomic mass is 10.3. The van der Waals surface area contributed by atoms with Crippen molar-refractivity contribution in [3.8, 4) is 0 Å². The van der Waals surface area contributed by atoms with Crippen molar-refractivity contribution in [1.29, 1.82) is 0 Å². The smallest absolute Gasteiger partial charge is 0.258 e. The molecule has 2 heterocycles. The highest BCUT2D eigenvalue weighted by atomic mass is 32.2. The van der Waals surface area contributed by atoms with Gasteiger partial charge in [0.1, 0.15) is 6.33 Å². The molecule has 0 saturated heterocycles. The van der Waals surface area contributed by atoms with Crippen molar-refractivity contribution in [1.82, 2.24) is 24.5 Å². The van der Waals surface area contributed by atoms with Crippen LogP contribution in [0.1, 0.15) is 11.4 Å². The fourth-order valence-electron chi connectivity index (χ4n) is 1.56. The van der Waals surface area contributed by atoms with Crippen LogP contribution in [0.5, 0.6) is 0 Å². The fourth-order valence-corrected chi connectivity index (χ4v) is 2.52. The summed E-state index contributed by atoms with van der Waals surface area (Å²) in [5.41, 5.74) is 6.21. The Bertz CT molecular complexity index is 664. The molecule has 20 heavy (non-hydrogen) atoms. The second-order valence-corrected chi connectivity index (χ2v) is 5.90. The van der Waals surface area contributed by atoms with E-state index in [1.54, 1.807) is 24.1 Å². The molecule has 0 aliphatic heterocycles. The average Bonchev–Trinajstić information content (AvgIpc) is 2.84. The summed E-state index contributed by atoms with van der Waals surface area (Å²) < 4.78 is 28.0. The van der Waals surface area contributed by atoms with E-state index < -0.39 is 10.0 Å². The summed E-state index contributed by atoms with van der Waals surface area (Å²) in [5, 5.41) is 4.04. The monoisotopic (exact) mass is 296 g/mol. The lowest BCUT2D eigenvalue weighted by Crippen LogP contribution is -2.27. The highest BCUT2D eigenvalue weighted by Crippen LogP contribution is 2.06. The molecule has 0 fully saturated rings. The molecule has 0 bridgehead atoms. The van der Waals surface area contributed by atoms with E-state index in [1.165, 1.54) is 12.3 Å². The molecule has 0 spiro atoms. The van der Waals surface area contributed by atoms with E-state index in [0.717, 1.165) is 5.56 Å². The van der Waals surface area contributed by atoms with E-state index in [9.17, 15) is 8.42 Å². The zero-order valence-electron chi connectivity index (χ0n) is 11.0. The van der Waals surface area contributed by atoms with Crippen molar-refractivity contribution in [3.05, 3.63) is 36.0 Å². The Morgan fingerprint density at radius 3 is 2.70 bits per heavy atom. The zero-order chi connectivity index (χ0) is 14.6. The van der Waals surface area contributed by atoms with Crippen LogP contribution in [0.4, 0.5) is 0 Å². The summed E-state index contributed by atoms with van der Waals surface area (Å²) in [4.78, 5) is 7.90. The quantitative estimate of drug-likeness (QED) is 0.720. The molecule has 2 aromatic rings. The lowest BCUT2D eigenvalue weighted by Gasteiger charge is -2.05. The summed E-state index contributed by atoms with van der Waals surface area (Å²) in [5.74, 6) is 0.585.